The Morgan fingerprint density at radius 1 is 1.32 bits per heavy atom. The van der Waals surface area contributed by atoms with Gasteiger partial charge in [-0.2, -0.15) is 0 Å². The number of aromatic nitrogens is 2. The Labute approximate surface area is 150 Å². The van der Waals surface area contributed by atoms with Gasteiger partial charge >= 0.3 is 0 Å². The Morgan fingerprint density at radius 2 is 2.12 bits per heavy atom. The summed E-state index contributed by atoms with van der Waals surface area (Å²) in [5.74, 6) is 1.54. The predicted octanol–water partition coefficient (Wildman–Crippen LogP) is 3.14. The van der Waals surface area contributed by atoms with Gasteiger partial charge in [-0.3, -0.25) is 9.69 Å². The Hall–Kier alpha value is -1.88. The minimum Gasteiger partial charge on any atom is -0.345 e. The van der Waals surface area contributed by atoms with Gasteiger partial charge in [0.2, 0.25) is 5.91 Å². The van der Waals surface area contributed by atoms with Crippen molar-refractivity contribution < 1.29 is 4.79 Å². The summed E-state index contributed by atoms with van der Waals surface area (Å²) in [6, 6.07) is 8.32. The van der Waals surface area contributed by atoms with Gasteiger partial charge in [-0.1, -0.05) is 19.1 Å². The van der Waals surface area contributed by atoms with Gasteiger partial charge in [-0.15, -0.1) is 0 Å². The number of amides is 1. The van der Waals surface area contributed by atoms with Crippen LogP contribution in [-0.4, -0.2) is 51.9 Å². The molecule has 136 valence electrons. The largest absolute Gasteiger partial charge is 0.345 e. The molecule has 0 radical (unpaired) electrons. The standard InChI is InChI=1S/C20H30N4O/c1-4-12-22(3)20(25)16-9-8-13-23(14-16)15-19-21-17-10-6-7-11-18(17)24(19)5-2/h6-7,10-11,16H,4-5,8-9,12-15H2,1-3H3/t16-/m0/s1. The normalized spacial score (nSPS) is 18.6. The third-order valence-electron chi connectivity index (χ3n) is 5.20. The quantitative estimate of drug-likeness (QED) is 0.810. The van der Waals surface area contributed by atoms with Crippen molar-refractivity contribution in [3.05, 3.63) is 30.1 Å². The van der Waals surface area contributed by atoms with Gasteiger partial charge < -0.3 is 9.47 Å². The number of benzene rings is 1. The summed E-state index contributed by atoms with van der Waals surface area (Å²) in [5.41, 5.74) is 2.26. The van der Waals surface area contributed by atoms with Crippen LogP contribution in [0.1, 0.15) is 38.9 Å². The van der Waals surface area contributed by atoms with Gasteiger partial charge in [0, 0.05) is 26.7 Å². The highest BCUT2D eigenvalue weighted by atomic mass is 16.2. The van der Waals surface area contributed by atoms with Crippen LogP contribution < -0.4 is 0 Å². The molecule has 1 aliphatic rings. The summed E-state index contributed by atoms with van der Waals surface area (Å²) in [5, 5.41) is 0. The number of aryl methyl sites for hydroxylation is 1. The minimum absolute atomic E-state index is 0.129. The number of hydrogen-bond donors (Lipinski definition) is 0. The van der Waals surface area contributed by atoms with Crippen LogP contribution in [0.3, 0.4) is 0 Å². The van der Waals surface area contributed by atoms with E-state index in [0.29, 0.717) is 5.91 Å². The van der Waals surface area contributed by atoms with Crippen molar-refractivity contribution in [2.75, 3.05) is 26.7 Å². The molecular weight excluding hydrogens is 312 g/mol. The lowest BCUT2D eigenvalue weighted by molar-refractivity contribution is -0.136. The molecule has 0 aliphatic carbocycles. The molecular formula is C20H30N4O. The fraction of sp³-hybridized carbons (Fsp3) is 0.600. The summed E-state index contributed by atoms with van der Waals surface area (Å²) >= 11 is 0. The monoisotopic (exact) mass is 342 g/mol. The van der Waals surface area contributed by atoms with Crippen molar-refractivity contribution >= 4 is 16.9 Å². The maximum Gasteiger partial charge on any atom is 0.226 e. The average molecular weight is 342 g/mol. The van der Waals surface area contributed by atoms with Crippen LogP contribution in [0.15, 0.2) is 24.3 Å². The topological polar surface area (TPSA) is 41.4 Å². The molecule has 1 atom stereocenters. The zero-order valence-electron chi connectivity index (χ0n) is 15.7. The van der Waals surface area contributed by atoms with E-state index in [-0.39, 0.29) is 5.92 Å². The van der Waals surface area contributed by atoms with E-state index in [4.69, 9.17) is 4.98 Å². The second kappa shape index (κ2) is 8.00. The van der Waals surface area contributed by atoms with Crippen LogP contribution in [0.2, 0.25) is 0 Å². The third-order valence-corrected chi connectivity index (χ3v) is 5.20. The van der Waals surface area contributed by atoms with Crippen molar-refractivity contribution in [2.24, 2.45) is 5.92 Å². The molecule has 0 N–H and O–H groups in total. The van der Waals surface area contributed by atoms with E-state index in [2.05, 4.69) is 41.5 Å². The number of imidazole rings is 1. The first-order valence-corrected chi connectivity index (χ1v) is 9.55. The highest BCUT2D eigenvalue weighted by Crippen LogP contribution is 2.22. The summed E-state index contributed by atoms with van der Waals surface area (Å²) in [6.07, 6.45) is 3.11. The van der Waals surface area contributed by atoms with E-state index in [0.717, 1.165) is 63.3 Å². The molecule has 0 bridgehead atoms. The van der Waals surface area contributed by atoms with Crippen LogP contribution >= 0.6 is 0 Å². The van der Waals surface area contributed by atoms with Gasteiger partial charge in [0.05, 0.1) is 23.5 Å². The molecule has 2 aromatic rings. The maximum atomic E-state index is 12.6. The lowest BCUT2D eigenvalue weighted by atomic mass is 9.96. The zero-order valence-corrected chi connectivity index (χ0v) is 15.7. The van der Waals surface area contributed by atoms with Crippen LogP contribution in [0.25, 0.3) is 11.0 Å². The smallest absolute Gasteiger partial charge is 0.226 e. The van der Waals surface area contributed by atoms with Crippen LogP contribution in [0.5, 0.6) is 0 Å². The molecule has 1 amide bonds. The van der Waals surface area contributed by atoms with Crippen molar-refractivity contribution in [2.45, 2.75) is 46.2 Å². The third kappa shape index (κ3) is 3.87. The Kier molecular flexibility index (Phi) is 5.74. The molecule has 5 heteroatoms. The molecule has 1 aromatic heterocycles. The molecule has 1 aromatic carbocycles. The van der Waals surface area contributed by atoms with Crippen molar-refractivity contribution in [3.63, 3.8) is 0 Å². The number of likely N-dealkylation sites (tertiary alicyclic amines) is 1. The first-order valence-electron chi connectivity index (χ1n) is 9.55. The van der Waals surface area contributed by atoms with Gasteiger partial charge in [-0.05, 0) is 44.9 Å². The van der Waals surface area contributed by atoms with E-state index in [1.165, 1.54) is 5.52 Å². The molecule has 0 unspecified atom stereocenters. The summed E-state index contributed by atoms with van der Waals surface area (Å²) in [7, 11) is 1.93. The Balaban J connectivity index is 1.72. The van der Waals surface area contributed by atoms with Crippen LogP contribution in [0, 0.1) is 5.92 Å². The summed E-state index contributed by atoms with van der Waals surface area (Å²) in [4.78, 5) is 21.8. The van der Waals surface area contributed by atoms with Crippen molar-refractivity contribution in [3.8, 4) is 0 Å². The maximum absolute atomic E-state index is 12.6. The molecule has 1 fully saturated rings. The summed E-state index contributed by atoms with van der Waals surface area (Å²) in [6.45, 7) is 8.77. The van der Waals surface area contributed by atoms with E-state index in [1.54, 1.807) is 0 Å². The number of para-hydroxylation sites is 2. The number of carbonyl (C=O) groups excluding carboxylic acids is 1. The van der Waals surface area contributed by atoms with Gasteiger partial charge in [-0.25, -0.2) is 4.98 Å². The van der Waals surface area contributed by atoms with Crippen LogP contribution in [0.4, 0.5) is 0 Å². The molecule has 0 saturated carbocycles. The zero-order chi connectivity index (χ0) is 17.8. The molecule has 25 heavy (non-hydrogen) atoms. The van der Waals surface area contributed by atoms with E-state index < -0.39 is 0 Å². The molecule has 1 saturated heterocycles. The molecule has 3 rings (SSSR count). The van der Waals surface area contributed by atoms with Gasteiger partial charge in [0.1, 0.15) is 5.82 Å². The van der Waals surface area contributed by atoms with E-state index >= 15 is 0 Å². The number of piperidine rings is 1. The molecule has 5 nitrogen and oxygen atoms in total. The molecule has 2 heterocycles. The first kappa shape index (κ1) is 17.9. The minimum atomic E-state index is 0.129. The number of hydrogen-bond acceptors (Lipinski definition) is 3. The first-order chi connectivity index (χ1) is 12.1. The fourth-order valence-corrected chi connectivity index (χ4v) is 3.96. The number of nitrogens with zero attached hydrogens (tertiary/aromatic N) is 4. The number of rotatable bonds is 6. The highest BCUT2D eigenvalue weighted by Gasteiger charge is 2.28. The number of carbonyl (C=O) groups is 1. The van der Waals surface area contributed by atoms with Gasteiger partial charge in [0.15, 0.2) is 0 Å². The lowest BCUT2D eigenvalue weighted by Crippen LogP contribution is -2.43. The summed E-state index contributed by atoms with van der Waals surface area (Å²) < 4.78 is 2.30. The average Bonchev–Trinajstić information content (AvgIpc) is 2.98. The Bertz CT molecular complexity index is 724. The van der Waals surface area contributed by atoms with Crippen molar-refractivity contribution in [1.29, 1.82) is 0 Å². The van der Waals surface area contributed by atoms with Crippen LogP contribution in [-0.2, 0) is 17.9 Å². The molecule has 0 spiro atoms. The fourth-order valence-electron chi connectivity index (χ4n) is 3.96. The van der Waals surface area contributed by atoms with E-state index in [1.807, 2.05) is 18.0 Å². The second-order valence-corrected chi connectivity index (χ2v) is 7.10. The van der Waals surface area contributed by atoms with Crippen molar-refractivity contribution in [1.82, 2.24) is 19.4 Å². The highest BCUT2D eigenvalue weighted by molar-refractivity contribution is 5.79. The lowest BCUT2D eigenvalue weighted by Gasteiger charge is -2.33. The number of fused-ring (bicyclic) bond motifs is 1. The molecule has 1 aliphatic heterocycles. The second-order valence-electron chi connectivity index (χ2n) is 7.10. The van der Waals surface area contributed by atoms with E-state index in [9.17, 15) is 4.79 Å². The predicted molar refractivity (Wildman–Crippen MR) is 101 cm³/mol. The SMILES string of the molecule is CCCN(C)C(=O)[C@H]1CCCN(Cc2nc3ccccc3n2CC)C1. The Morgan fingerprint density at radius 3 is 2.88 bits per heavy atom. The van der Waals surface area contributed by atoms with Gasteiger partial charge in [0.25, 0.3) is 0 Å².